The molecule has 152 valence electrons. The van der Waals surface area contributed by atoms with E-state index in [9.17, 15) is 9.59 Å². The van der Waals surface area contributed by atoms with Crippen molar-refractivity contribution in [1.29, 1.82) is 0 Å². The molecule has 4 nitrogen and oxygen atoms in total. The summed E-state index contributed by atoms with van der Waals surface area (Å²) < 4.78 is 5.16. The van der Waals surface area contributed by atoms with Gasteiger partial charge in [-0.2, -0.15) is 0 Å². The van der Waals surface area contributed by atoms with Crippen LogP contribution in [0.1, 0.15) is 38.5 Å². The largest absolute Gasteiger partial charge is 0.455 e. The Bertz CT molecular complexity index is 766. The second kappa shape index (κ2) is 8.25. The Balaban J connectivity index is 1.24. The molecule has 0 aromatic heterocycles. The molecule has 0 spiro atoms. The summed E-state index contributed by atoms with van der Waals surface area (Å²) in [5.74, 6) is 1.63. The number of nitrogens with one attached hydrogen (secondary N) is 1. The lowest BCUT2D eigenvalue weighted by atomic mass is 9.53. The van der Waals surface area contributed by atoms with E-state index < -0.39 is 5.97 Å². The quantitative estimate of drug-likeness (QED) is 0.351. The molecular weight excluding hydrogens is 441 g/mol. The lowest BCUT2D eigenvalue weighted by Gasteiger charge is -2.56. The van der Waals surface area contributed by atoms with Crippen LogP contribution in [0.4, 0.5) is 0 Å². The maximum Gasteiger partial charge on any atom is 0.316 e. The average molecular weight is 463 g/mol. The molecule has 0 unspecified atom stereocenters. The van der Waals surface area contributed by atoms with Crippen LogP contribution in [0, 0.1) is 17.8 Å². The van der Waals surface area contributed by atoms with Gasteiger partial charge in [-0.3, -0.25) is 9.59 Å². The van der Waals surface area contributed by atoms with Gasteiger partial charge in [-0.1, -0.05) is 34.8 Å². The zero-order valence-electron chi connectivity index (χ0n) is 15.3. The molecule has 28 heavy (non-hydrogen) atoms. The number of ether oxygens (including phenoxy) is 1. The third kappa shape index (κ3) is 4.43. The van der Waals surface area contributed by atoms with Gasteiger partial charge >= 0.3 is 5.97 Å². The highest BCUT2D eigenvalue weighted by Crippen LogP contribution is 2.55. The van der Waals surface area contributed by atoms with Crippen LogP contribution in [0.5, 0.6) is 0 Å². The van der Waals surface area contributed by atoms with Crippen LogP contribution >= 0.6 is 46.6 Å². The average Bonchev–Trinajstić information content (AvgIpc) is 2.62. The maximum atomic E-state index is 12.4. The van der Waals surface area contributed by atoms with Crippen molar-refractivity contribution in [3.8, 4) is 0 Å². The van der Waals surface area contributed by atoms with Crippen LogP contribution in [-0.2, 0) is 14.3 Å². The number of benzene rings is 1. The van der Waals surface area contributed by atoms with E-state index in [1.807, 2.05) is 0 Å². The summed E-state index contributed by atoms with van der Waals surface area (Å²) in [7, 11) is 0. The van der Waals surface area contributed by atoms with Crippen molar-refractivity contribution < 1.29 is 14.3 Å². The first-order valence-corrected chi connectivity index (χ1v) is 11.7. The molecule has 0 aliphatic heterocycles. The number of hydrogen-bond donors (Lipinski definition) is 1. The van der Waals surface area contributed by atoms with E-state index in [2.05, 4.69) is 5.32 Å². The van der Waals surface area contributed by atoms with E-state index >= 15 is 0 Å². The van der Waals surface area contributed by atoms with E-state index in [-0.39, 0.29) is 28.8 Å². The summed E-state index contributed by atoms with van der Waals surface area (Å²) in [6.45, 7) is -0.240. The van der Waals surface area contributed by atoms with Gasteiger partial charge in [-0.25, -0.2) is 0 Å². The molecule has 0 atom stereocenters. The number of halogens is 3. The Kier molecular flexibility index (Phi) is 6.08. The molecule has 4 fully saturated rings. The number of amides is 1. The minimum Gasteiger partial charge on any atom is -0.455 e. The van der Waals surface area contributed by atoms with Crippen molar-refractivity contribution in [1.82, 2.24) is 5.32 Å². The van der Waals surface area contributed by atoms with Crippen LogP contribution < -0.4 is 5.32 Å². The molecule has 4 aliphatic rings. The number of carbonyl (C=O) groups excluding carboxylic acids is 2. The number of rotatable bonds is 6. The molecule has 5 rings (SSSR count). The fourth-order valence-corrected chi connectivity index (χ4v) is 7.04. The molecule has 0 radical (unpaired) electrons. The summed E-state index contributed by atoms with van der Waals surface area (Å²) in [6.07, 6.45) is 7.18. The number of hydrogen-bond acceptors (Lipinski definition) is 4. The fraction of sp³-hybridized carbons (Fsp3) is 0.600. The smallest absolute Gasteiger partial charge is 0.316 e. The number of carbonyl (C=O) groups is 2. The van der Waals surface area contributed by atoms with Crippen LogP contribution in [0.15, 0.2) is 17.0 Å². The molecule has 1 aromatic carbocycles. The zero-order chi connectivity index (χ0) is 19.9. The van der Waals surface area contributed by atoms with Crippen LogP contribution in [0.3, 0.4) is 0 Å². The Hall–Kier alpha value is -0.620. The van der Waals surface area contributed by atoms with Gasteiger partial charge in [0.05, 0.1) is 20.8 Å². The summed E-state index contributed by atoms with van der Waals surface area (Å²) in [4.78, 5) is 25.1. The predicted octanol–water partition coefficient (Wildman–Crippen LogP) is 5.37. The van der Waals surface area contributed by atoms with Gasteiger partial charge in [0, 0.05) is 10.4 Å². The van der Waals surface area contributed by atoms with Crippen molar-refractivity contribution in [3.63, 3.8) is 0 Å². The minimum atomic E-state index is -0.465. The third-order valence-corrected chi connectivity index (χ3v) is 8.59. The highest BCUT2D eigenvalue weighted by atomic mass is 35.5. The molecule has 4 bridgehead atoms. The van der Waals surface area contributed by atoms with E-state index in [0.717, 1.165) is 37.0 Å². The normalized spacial score (nSPS) is 30.3. The van der Waals surface area contributed by atoms with Crippen molar-refractivity contribution in [2.24, 2.45) is 17.8 Å². The van der Waals surface area contributed by atoms with Gasteiger partial charge in [0.2, 0.25) is 0 Å². The molecule has 1 amide bonds. The molecule has 4 aliphatic carbocycles. The van der Waals surface area contributed by atoms with Crippen LogP contribution in [-0.4, -0.2) is 29.8 Å². The van der Waals surface area contributed by atoms with Gasteiger partial charge in [0.25, 0.3) is 5.91 Å². The van der Waals surface area contributed by atoms with Crippen molar-refractivity contribution >= 4 is 58.4 Å². The van der Waals surface area contributed by atoms with E-state index in [1.165, 1.54) is 31.0 Å². The SMILES string of the molecule is O=C(COC(=O)CSc1ccc(Cl)c(Cl)c1Cl)NC12CC3CC(CC(C3)C1)C2. The van der Waals surface area contributed by atoms with Crippen molar-refractivity contribution in [2.75, 3.05) is 12.4 Å². The second-order valence-corrected chi connectivity index (χ2v) is 10.5. The Morgan fingerprint density at radius 3 is 2.25 bits per heavy atom. The highest BCUT2D eigenvalue weighted by molar-refractivity contribution is 8.00. The highest BCUT2D eigenvalue weighted by Gasteiger charge is 2.51. The van der Waals surface area contributed by atoms with Gasteiger partial charge in [-0.05, 0) is 68.4 Å². The maximum absolute atomic E-state index is 12.4. The first kappa shape index (κ1) is 20.6. The molecule has 1 N–H and O–H groups in total. The van der Waals surface area contributed by atoms with Crippen molar-refractivity contribution in [2.45, 2.75) is 49.0 Å². The monoisotopic (exact) mass is 461 g/mol. The zero-order valence-corrected chi connectivity index (χ0v) is 18.4. The molecule has 8 heteroatoms. The van der Waals surface area contributed by atoms with E-state index in [1.54, 1.807) is 12.1 Å². The van der Waals surface area contributed by atoms with Gasteiger partial charge in [0.15, 0.2) is 6.61 Å². The van der Waals surface area contributed by atoms with Gasteiger partial charge in [-0.15, -0.1) is 11.8 Å². The molecule has 4 saturated carbocycles. The summed E-state index contributed by atoms with van der Waals surface area (Å²) >= 11 is 19.2. The molecule has 0 heterocycles. The molecular formula is C20H22Cl3NO3S. The fourth-order valence-electron chi connectivity index (χ4n) is 5.54. The summed E-state index contributed by atoms with van der Waals surface area (Å²) in [5.41, 5.74) is -0.0689. The van der Waals surface area contributed by atoms with Gasteiger partial charge < -0.3 is 10.1 Å². The van der Waals surface area contributed by atoms with Crippen LogP contribution in [0.2, 0.25) is 15.1 Å². The van der Waals surface area contributed by atoms with Gasteiger partial charge in [0.1, 0.15) is 0 Å². The minimum absolute atomic E-state index is 0.0440. The Labute approximate surface area is 184 Å². The molecule has 1 aromatic rings. The Morgan fingerprint density at radius 1 is 1.04 bits per heavy atom. The Morgan fingerprint density at radius 2 is 1.64 bits per heavy atom. The van der Waals surface area contributed by atoms with E-state index in [0.29, 0.717) is 14.9 Å². The number of thioether (sulfide) groups is 1. The third-order valence-electron chi connectivity index (χ3n) is 6.15. The summed E-state index contributed by atoms with van der Waals surface area (Å²) in [6, 6.07) is 3.33. The number of esters is 1. The van der Waals surface area contributed by atoms with E-state index in [4.69, 9.17) is 39.5 Å². The lowest BCUT2D eigenvalue weighted by molar-refractivity contribution is -0.147. The van der Waals surface area contributed by atoms with Crippen LogP contribution in [0.25, 0.3) is 0 Å². The first-order valence-electron chi connectivity index (χ1n) is 9.56. The summed E-state index contributed by atoms with van der Waals surface area (Å²) in [5, 5.41) is 4.13. The second-order valence-electron chi connectivity index (χ2n) is 8.37. The molecule has 0 saturated heterocycles. The lowest BCUT2D eigenvalue weighted by Crippen LogP contribution is -2.60. The standard InChI is InChI=1S/C20H22Cl3NO3S/c21-14-1-2-15(19(23)18(14)22)28-10-17(26)27-9-16(25)24-20-6-11-3-12(7-20)5-13(4-11)8-20/h1-2,11-13H,3-10H2,(H,24,25). The first-order chi connectivity index (χ1) is 13.3. The predicted molar refractivity (Wildman–Crippen MR) is 112 cm³/mol. The van der Waals surface area contributed by atoms with Crippen molar-refractivity contribution in [3.05, 3.63) is 27.2 Å². The topological polar surface area (TPSA) is 55.4 Å².